The number of nitrogen functional groups attached to an aromatic ring is 1. The third kappa shape index (κ3) is 1.45. The second kappa shape index (κ2) is 2.74. The fraction of sp³-hybridized carbons (Fsp3) is 0.364. The molecule has 14 heavy (non-hydrogen) atoms. The highest BCUT2D eigenvalue weighted by molar-refractivity contribution is 5.80. The molecule has 0 aromatic carbocycles. The van der Waals surface area contributed by atoms with Crippen LogP contribution in [0.1, 0.15) is 26.5 Å². The van der Waals surface area contributed by atoms with E-state index in [4.69, 9.17) is 5.73 Å². The van der Waals surface area contributed by atoms with E-state index in [9.17, 15) is 0 Å². The number of nitrogens with one attached hydrogen (secondary N) is 1. The molecule has 0 radical (unpaired) electrons. The molecule has 0 atom stereocenters. The Labute approximate surface area is 83.3 Å². The molecule has 0 bridgehead atoms. The van der Waals surface area contributed by atoms with Crippen molar-refractivity contribution in [3.05, 3.63) is 23.9 Å². The first-order valence-electron chi connectivity index (χ1n) is 4.72. The highest BCUT2D eigenvalue weighted by Gasteiger charge is 2.15. The zero-order valence-electron chi connectivity index (χ0n) is 8.76. The van der Waals surface area contributed by atoms with Crippen molar-refractivity contribution < 1.29 is 0 Å². The van der Waals surface area contributed by atoms with Crippen molar-refractivity contribution in [2.24, 2.45) is 0 Å². The van der Waals surface area contributed by atoms with Gasteiger partial charge in [-0.25, -0.2) is 4.98 Å². The molecule has 2 heterocycles. The van der Waals surface area contributed by atoms with Gasteiger partial charge in [0.15, 0.2) is 0 Å². The number of pyridine rings is 1. The van der Waals surface area contributed by atoms with Crippen LogP contribution in [0, 0.1) is 0 Å². The first-order chi connectivity index (χ1) is 6.47. The van der Waals surface area contributed by atoms with Crippen LogP contribution in [0.15, 0.2) is 18.2 Å². The molecule has 74 valence electrons. The van der Waals surface area contributed by atoms with Gasteiger partial charge in [0.2, 0.25) is 0 Å². The summed E-state index contributed by atoms with van der Waals surface area (Å²) in [6.45, 7) is 6.44. The van der Waals surface area contributed by atoms with Crippen molar-refractivity contribution in [1.82, 2.24) is 9.97 Å². The monoisotopic (exact) mass is 189 g/mol. The normalized spacial score (nSPS) is 12.2. The van der Waals surface area contributed by atoms with Gasteiger partial charge in [0.05, 0.1) is 0 Å². The summed E-state index contributed by atoms with van der Waals surface area (Å²) in [6, 6.07) is 6.00. The lowest BCUT2D eigenvalue weighted by Crippen LogP contribution is -2.13. The molecule has 3 heteroatoms. The predicted molar refractivity (Wildman–Crippen MR) is 59.2 cm³/mol. The number of hydrogen-bond acceptors (Lipinski definition) is 2. The minimum absolute atomic E-state index is 0.0774. The summed E-state index contributed by atoms with van der Waals surface area (Å²) in [6.07, 6.45) is 0. The Hall–Kier alpha value is -1.51. The van der Waals surface area contributed by atoms with Gasteiger partial charge >= 0.3 is 0 Å². The first kappa shape index (κ1) is 9.06. The van der Waals surface area contributed by atoms with E-state index in [0.29, 0.717) is 5.82 Å². The number of H-pyrrole nitrogens is 1. The molecule has 3 N–H and O–H groups in total. The van der Waals surface area contributed by atoms with Crippen LogP contribution in [0.3, 0.4) is 0 Å². The lowest BCUT2D eigenvalue weighted by Gasteiger charge is -2.17. The molecule has 0 aliphatic carbocycles. The van der Waals surface area contributed by atoms with Crippen LogP contribution < -0.4 is 5.73 Å². The van der Waals surface area contributed by atoms with Crippen molar-refractivity contribution in [2.75, 3.05) is 5.73 Å². The number of fused-ring (bicyclic) bond motifs is 1. The van der Waals surface area contributed by atoms with Crippen molar-refractivity contribution in [3.8, 4) is 0 Å². The Morgan fingerprint density at radius 1 is 1.29 bits per heavy atom. The fourth-order valence-corrected chi connectivity index (χ4v) is 1.44. The topological polar surface area (TPSA) is 54.7 Å². The Bertz CT molecular complexity index is 463. The number of hydrogen-bond donors (Lipinski definition) is 2. The number of aromatic amines is 1. The standard InChI is InChI=1S/C11H15N3/c1-11(2,3)8-5-4-7-6-9(12)14-10(7)13-8/h4-6H,12H2,1-3H3,(H,13,14). The molecule has 0 fully saturated rings. The van der Waals surface area contributed by atoms with Crippen LogP contribution in [0.2, 0.25) is 0 Å². The van der Waals surface area contributed by atoms with Crippen LogP contribution in [0.5, 0.6) is 0 Å². The third-order valence-electron chi connectivity index (χ3n) is 2.27. The summed E-state index contributed by atoms with van der Waals surface area (Å²) in [7, 11) is 0. The van der Waals surface area contributed by atoms with E-state index >= 15 is 0 Å². The molecule has 0 amide bonds. The Morgan fingerprint density at radius 2 is 2.00 bits per heavy atom. The maximum atomic E-state index is 5.65. The second-order valence-electron chi connectivity index (χ2n) is 4.61. The average Bonchev–Trinajstić information content (AvgIpc) is 2.41. The van der Waals surface area contributed by atoms with E-state index < -0.39 is 0 Å². The minimum atomic E-state index is 0.0774. The second-order valence-corrected chi connectivity index (χ2v) is 4.61. The number of nitrogens with two attached hydrogens (primary N) is 1. The number of rotatable bonds is 0. The third-order valence-corrected chi connectivity index (χ3v) is 2.27. The number of nitrogens with zero attached hydrogens (tertiary/aromatic N) is 1. The van der Waals surface area contributed by atoms with Gasteiger partial charge in [0, 0.05) is 16.5 Å². The fourth-order valence-electron chi connectivity index (χ4n) is 1.44. The summed E-state index contributed by atoms with van der Waals surface area (Å²) in [5.41, 5.74) is 7.68. The highest BCUT2D eigenvalue weighted by atomic mass is 14.9. The van der Waals surface area contributed by atoms with E-state index in [2.05, 4.69) is 42.9 Å². The molecule has 0 unspecified atom stereocenters. The molecular formula is C11H15N3. The van der Waals surface area contributed by atoms with Crippen LogP contribution >= 0.6 is 0 Å². The minimum Gasteiger partial charge on any atom is -0.385 e. The van der Waals surface area contributed by atoms with Gasteiger partial charge < -0.3 is 10.7 Å². The molecule has 0 saturated carbocycles. The highest BCUT2D eigenvalue weighted by Crippen LogP contribution is 2.23. The molecule has 2 rings (SSSR count). The van der Waals surface area contributed by atoms with Crippen molar-refractivity contribution >= 4 is 16.9 Å². The maximum Gasteiger partial charge on any atom is 0.139 e. The van der Waals surface area contributed by atoms with Gasteiger partial charge in [-0.2, -0.15) is 0 Å². The average molecular weight is 189 g/mol. The summed E-state index contributed by atoms with van der Waals surface area (Å²) in [4.78, 5) is 7.57. The van der Waals surface area contributed by atoms with Gasteiger partial charge in [-0.3, -0.25) is 0 Å². The smallest absolute Gasteiger partial charge is 0.139 e. The Kier molecular flexibility index (Phi) is 1.77. The van der Waals surface area contributed by atoms with Crippen molar-refractivity contribution in [2.45, 2.75) is 26.2 Å². The maximum absolute atomic E-state index is 5.65. The van der Waals surface area contributed by atoms with E-state index in [0.717, 1.165) is 16.7 Å². The zero-order chi connectivity index (χ0) is 10.3. The largest absolute Gasteiger partial charge is 0.385 e. The summed E-state index contributed by atoms with van der Waals surface area (Å²) in [5, 5.41) is 1.07. The Balaban J connectivity index is 2.62. The number of anilines is 1. The zero-order valence-corrected chi connectivity index (χ0v) is 8.76. The molecule has 2 aromatic rings. The molecule has 3 nitrogen and oxygen atoms in total. The molecular weight excluding hydrogens is 174 g/mol. The summed E-state index contributed by atoms with van der Waals surface area (Å²) >= 11 is 0. The van der Waals surface area contributed by atoms with Crippen LogP contribution in [-0.4, -0.2) is 9.97 Å². The molecule has 0 saturated heterocycles. The van der Waals surface area contributed by atoms with Crippen molar-refractivity contribution in [1.29, 1.82) is 0 Å². The van der Waals surface area contributed by atoms with E-state index in [1.165, 1.54) is 0 Å². The summed E-state index contributed by atoms with van der Waals surface area (Å²) in [5.74, 6) is 0.665. The van der Waals surface area contributed by atoms with Crippen LogP contribution in [-0.2, 0) is 5.41 Å². The lowest BCUT2D eigenvalue weighted by atomic mass is 9.91. The molecule has 0 spiro atoms. The molecule has 2 aromatic heterocycles. The number of aromatic nitrogens is 2. The molecule has 0 aliphatic rings. The van der Waals surface area contributed by atoms with Crippen molar-refractivity contribution in [3.63, 3.8) is 0 Å². The summed E-state index contributed by atoms with van der Waals surface area (Å²) < 4.78 is 0. The molecule has 0 aliphatic heterocycles. The Morgan fingerprint density at radius 3 is 2.64 bits per heavy atom. The predicted octanol–water partition coefficient (Wildman–Crippen LogP) is 2.44. The van der Waals surface area contributed by atoms with Crippen LogP contribution in [0.25, 0.3) is 11.0 Å². The van der Waals surface area contributed by atoms with Gasteiger partial charge in [-0.15, -0.1) is 0 Å². The van der Waals surface area contributed by atoms with E-state index in [1.54, 1.807) is 0 Å². The van der Waals surface area contributed by atoms with Crippen LogP contribution in [0.4, 0.5) is 5.82 Å². The lowest BCUT2D eigenvalue weighted by molar-refractivity contribution is 0.571. The van der Waals surface area contributed by atoms with Gasteiger partial charge in [-0.1, -0.05) is 20.8 Å². The van der Waals surface area contributed by atoms with E-state index in [-0.39, 0.29) is 5.41 Å². The quantitative estimate of drug-likeness (QED) is 0.668. The van der Waals surface area contributed by atoms with Gasteiger partial charge in [0.25, 0.3) is 0 Å². The van der Waals surface area contributed by atoms with Gasteiger partial charge in [-0.05, 0) is 18.2 Å². The van der Waals surface area contributed by atoms with E-state index in [1.807, 2.05) is 6.07 Å². The SMILES string of the molecule is CC(C)(C)c1ccc2cc(N)[nH]c2n1. The van der Waals surface area contributed by atoms with Gasteiger partial charge in [0.1, 0.15) is 11.5 Å². The first-order valence-corrected chi connectivity index (χ1v) is 4.72.